The fourth-order valence-electron chi connectivity index (χ4n) is 2.36. The van der Waals surface area contributed by atoms with Crippen LogP contribution in [-0.2, 0) is 4.74 Å². The van der Waals surface area contributed by atoms with Crippen LogP contribution in [0, 0.1) is 11.6 Å². The van der Waals surface area contributed by atoms with Crippen LogP contribution in [-0.4, -0.2) is 17.1 Å². The maximum absolute atomic E-state index is 14.3. The second-order valence-electron chi connectivity index (χ2n) is 4.78. The van der Waals surface area contributed by atoms with Crippen molar-refractivity contribution in [2.75, 3.05) is 6.61 Å². The van der Waals surface area contributed by atoms with Gasteiger partial charge in [0.2, 0.25) is 0 Å². The SMILES string of the molecule is CCOC(=O)c1ccc(-n2ccc3ccc(F)cc32)c(F)c1. The minimum absolute atomic E-state index is 0.144. The number of esters is 1. The third kappa shape index (κ3) is 2.45. The fraction of sp³-hybridized carbons (Fsp3) is 0.118. The number of fused-ring (bicyclic) bond motifs is 1. The van der Waals surface area contributed by atoms with Crippen molar-refractivity contribution >= 4 is 16.9 Å². The Hall–Kier alpha value is -2.69. The molecule has 5 heteroatoms. The van der Waals surface area contributed by atoms with Gasteiger partial charge in [0, 0.05) is 11.6 Å². The van der Waals surface area contributed by atoms with E-state index in [0.717, 1.165) is 11.5 Å². The maximum Gasteiger partial charge on any atom is 0.338 e. The molecular formula is C17H13F2NO2. The number of aromatic nitrogens is 1. The summed E-state index contributed by atoms with van der Waals surface area (Å²) in [7, 11) is 0. The molecule has 0 bridgehead atoms. The number of halogens is 2. The van der Waals surface area contributed by atoms with E-state index in [9.17, 15) is 13.6 Å². The van der Waals surface area contributed by atoms with E-state index >= 15 is 0 Å². The molecule has 0 fully saturated rings. The van der Waals surface area contributed by atoms with Crippen LogP contribution in [0.15, 0.2) is 48.7 Å². The lowest BCUT2D eigenvalue weighted by Gasteiger charge is -2.09. The third-order valence-corrected chi connectivity index (χ3v) is 3.37. The second-order valence-corrected chi connectivity index (χ2v) is 4.78. The molecular weight excluding hydrogens is 288 g/mol. The van der Waals surface area contributed by atoms with Gasteiger partial charge in [0.25, 0.3) is 0 Å². The van der Waals surface area contributed by atoms with Gasteiger partial charge in [0.05, 0.1) is 23.4 Å². The summed E-state index contributed by atoms with van der Waals surface area (Å²) in [5.74, 6) is -1.54. The first kappa shape index (κ1) is 14.3. The zero-order valence-corrected chi connectivity index (χ0v) is 11.8. The van der Waals surface area contributed by atoms with Crippen molar-refractivity contribution in [3.8, 4) is 5.69 Å². The molecule has 0 aliphatic rings. The molecule has 0 atom stereocenters. The topological polar surface area (TPSA) is 31.2 Å². The molecule has 0 spiro atoms. The van der Waals surface area contributed by atoms with E-state index in [1.165, 1.54) is 24.3 Å². The first-order chi connectivity index (χ1) is 10.6. The number of rotatable bonds is 3. The molecule has 0 saturated carbocycles. The lowest BCUT2D eigenvalue weighted by atomic mass is 10.2. The van der Waals surface area contributed by atoms with Gasteiger partial charge in [-0.3, -0.25) is 0 Å². The Morgan fingerprint density at radius 1 is 1.14 bits per heavy atom. The van der Waals surface area contributed by atoms with Gasteiger partial charge in [0.15, 0.2) is 0 Å². The molecule has 3 aromatic rings. The maximum atomic E-state index is 14.3. The summed E-state index contributed by atoms with van der Waals surface area (Å²) in [6.07, 6.45) is 1.66. The minimum atomic E-state index is -0.577. The summed E-state index contributed by atoms with van der Waals surface area (Å²) in [6, 6.07) is 10.2. The molecule has 3 nitrogen and oxygen atoms in total. The minimum Gasteiger partial charge on any atom is -0.462 e. The molecule has 22 heavy (non-hydrogen) atoms. The van der Waals surface area contributed by atoms with Crippen LogP contribution in [0.5, 0.6) is 0 Å². The summed E-state index contributed by atoms with van der Waals surface area (Å²) in [6.45, 7) is 1.91. The fourth-order valence-corrected chi connectivity index (χ4v) is 2.36. The molecule has 112 valence electrons. The van der Waals surface area contributed by atoms with Crippen molar-refractivity contribution in [2.24, 2.45) is 0 Å². The summed E-state index contributed by atoms with van der Waals surface area (Å²) in [5, 5.41) is 0.801. The highest BCUT2D eigenvalue weighted by atomic mass is 19.1. The molecule has 2 aromatic carbocycles. The molecule has 0 aliphatic carbocycles. The molecule has 0 radical (unpaired) electrons. The lowest BCUT2D eigenvalue weighted by molar-refractivity contribution is 0.0526. The van der Waals surface area contributed by atoms with Gasteiger partial charge in [-0.2, -0.15) is 0 Å². The molecule has 3 rings (SSSR count). The number of hydrogen-bond acceptors (Lipinski definition) is 2. The Bertz CT molecular complexity index is 855. The van der Waals surface area contributed by atoms with E-state index in [1.807, 2.05) is 0 Å². The van der Waals surface area contributed by atoms with Crippen LogP contribution in [0.1, 0.15) is 17.3 Å². The number of nitrogens with zero attached hydrogens (tertiary/aromatic N) is 1. The van der Waals surface area contributed by atoms with E-state index in [1.54, 1.807) is 29.8 Å². The van der Waals surface area contributed by atoms with Crippen LogP contribution in [0.3, 0.4) is 0 Å². The summed E-state index contributed by atoms with van der Waals surface area (Å²) in [4.78, 5) is 11.6. The first-order valence-electron chi connectivity index (χ1n) is 6.84. The number of carbonyl (C=O) groups is 1. The largest absolute Gasteiger partial charge is 0.462 e. The van der Waals surface area contributed by atoms with Gasteiger partial charge in [-0.05, 0) is 49.4 Å². The van der Waals surface area contributed by atoms with E-state index in [2.05, 4.69) is 0 Å². The summed E-state index contributed by atoms with van der Waals surface area (Å²) < 4.78 is 34.1. The van der Waals surface area contributed by atoms with Crippen LogP contribution in [0.25, 0.3) is 16.6 Å². The van der Waals surface area contributed by atoms with E-state index in [4.69, 9.17) is 4.74 Å². The smallest absolute Gasteiger partial charge is 0.338 e. The number of ether oxygens (including phenoxy) is 1. The Kier molecular flexibility index (Phi) is 3.63. The summed E-state index contributed by atoms with van der Waals surface area (Å²) >= 11 is 0. The van der Waals surface area contributed by atoms with Crippen molar-refractivity contribution in [3.05, 3.63) is 65.9 Å². The standard InChI is InChI=1S/C17H13F2NO2/c1-2-22-17(21)12-4-6-15(14(19)9-12)20-8-7-11-3-5-13(18)10-16(11)20/h3-10H,2H2,1H3. The Morgan fingerprint density at radius 3 is 2.68 bits per heavy atom. The first-order valence-corrected chi connectivity index (χ1v) is 6.84. The molecule has 0 saturated heterocycles. The molecule has 1 aromatic heterocycles. The average molecular weight is 301 g/mol. The lowest BCUT2D eigenvalue weighted by Crippen LogP contribution is -2.06. The number of benzene rings is 2. The highest BCUT2D eigenvalue weighted by molar-refractivity contribution is 5.90. The quantitative estimate of drug-likeness (QED) is 0.682. The Morgan fingerprint density at radius 2 is 1.95 bits per heavy atom. The predicted molar refractivity (Wildman–Crippen MR) is 79.1 cm³/mol. The van der Waals surface area contributed by atoms with E-state index in [0.29, 0.717) is 5.52 Å². The predicted octanol–water partition coefficient (Wildman–Crippen LogP) is 4.09. The van der Waals surface area contributed by atoms with E-state index < -0.39 is 17.6 Å². The van der Waals surface area contributed by atoms with Gasteiger partial charge in [0.1, 0.15) is 11.6 Å². The van der Waals surface area contributed by atoms with Crippen LogP contribution < -0.4 is 0 Å². The summed E-state index contributed by atoms with van der Waals surface area (Å²) in [5.41, 5.74) is 0.946. The number of hydrogen-bond donors (Lipinski definition) is 0. The highest BCUT2D eigenvalue weighted by Gasteiger charge is 2.13. The molecule has 0 unspecified atom stereocenters. The average Bonchev–Trinajstić information content (AvgIpc) is 2.90. The van der Waals surface area contributed by atoms with Gasteiger partial charge >= 0.3 is 5.97 Å². The van der Waals surface area contributed by atoms with Crippen molar-refractivity contribution in [3.63, 3.8) is 0 Å². The van der Waals surface area contributed by atoms with Crippen molar-refractivity contribution in [1.82, 2.24) is 4.57 Å². The Labute approximate surface area is 125 Å². The monoisotopic (exact) mass is 301 g/mol. The van der Waals surface area contributed by atoms with Crippen molar-refractivity contribution in [1.29, 1.82) is 0 Å². The van der Waals surface area contributed by atoms with Gasteiger partial charge in [-0.1, -0.05) is 0 Å². The van der Waals surface area contributed by atoms with Crippen LogP contribution >= 0.6 is 0 Å². The second kappa shape index (κ2) is 5.60. The van der Waals surface area contributed by atoms with Gasteiger partial charge < -0.3 is 9.30 Å². The molecule has 0 N–H and O–H groups in total. The zero-order valence-electron chi connectivity index (χ0n) is 11.8. The van der Waals surface area contributed by atoms with Crippen LogP contribution in [0.4, 0.5) is 8.78 Å². The molecule has 0 amide bonds. The van der Waals surface area contributed by atoms with Crippen molar-refractivity contribution in [2.45, 2.75) is 6.92 Å². The van der Waals surface area contributed by atoms with Gasteiger partial charge in [-0.25, -0.2) is 13.6 Å². The van der Waals surface area contributed by atoms with Crippen molar-refractivity contribution < 1.29 is 18.3 Å². The zero-order chi connectivity index (χ0) is 15.7. The Balaban J connectivity index is 2.07. The van der Waals surface area contributed by atoms with Gasteiger partial charge in [-0.15, -0.1) is 0 Å². The molecule has 0 aliphatic heterocycles. The molecule has 1 heterocycles. The van der Waals surface area contributed by atoms with Crippen LogP contribution in [0.2, 0.25) is 0 Å². The third-order valence-electron chi connectivity index (χ3n) is 3.37. The van der Waals surface area contributed by atoms with E-state index in [-0.39, 0.29) is 17.9 Å². The normalized spacial score (nSPS) is 10.9. The highest BCUT2D eigenvalue weighted by Crippen LogP contribution is 2.24. The number of carbonyl (C=O) groups excluding carboxylic acids is 1.